The second-order valence-electron chi connectivity index (χ2n) is 6.76. The van der Waals surface area contributed by atoms with Crippen molar-refractivity contribution < 1.29 is 4.39 Å². The summed E-state index contributed by atoms with van der Waals surface area (Å²) in [5.41, 5.74) is 7.06. The lowest BCUT2D eigenvalue weighted by atomic mass is 9.85. The highest BCUT2D eigenvalue weighted by atomic mass is 127. The van der Waals surface area contributed by atoms with Crippen LogP contribution in [0.3, 0.4) is 0 Å². The smallest absolute Gasteiger partial charge is 0.191 e. The van der Waals surface area contributed by atoms with Crippen LogP contribution in [0, 0.1) is 11.7 Å². The van der Waals surface area contributed by atoms with Crippen LogP contribution in [0.25, 0.3) is 0 Å². The van der Waals surface area contributed by atoms with Crippen LogP contribution < -0.4 is 5.73 Å². The van der Waals surface area contributed by atoms with Crippen molar-refractivity contribution in [2.75, 3.05) is 19.6 Å². The normalized spacial score (nSPS) is 19.7. The van der Waals surface area contributed by atoms with Crippen LogP contribution in [-0.4, -0.2) is 30.5 Å². The Morgan fingerprint density at radius 3 is 2.59 bits per heavy atom. The van der Waals surface area contributed by atoms with Crippen molar-refractivity contribution in [2.24, 2.45) is 16.6 Å². The molecule has 124 valence electrons. The molecule has 1 fully saturated rings. The summed E-state index contributed by atoms with van der Waals surface area (Å²) in [5, 5.41) is 0. The van der Waals surface area contributed by atoms with Crippen molar-refractivity contribution in [3.63, 3.8) is 0 Å². The van der Waals surface area contributed by atoms with Crippen molar-refractivity contribution >= 4 is 29.9 Å². The predicted molar refractivity (Wildman–Crippen MR) is 101 cm³/mol. The zero-order chi connectivity index (χ0) is 15.5. The van der Waals surface area contributed by atoms with E-state index in [2.05, 4.69) is 30.7 Å². The Balaban J connectivity index is 0.00000242. The molecule has 3 nitrogen and oxygen atoms in total. The predicted octanol–water partition coefficient (Wildman–Crippen LogP) is 3.77. The molecule has 2 N–H and O–H groups in total. The van der Waals surface area contributed by atoms with Crippen LogP contribution in [0.1, 0.15) is 39.2 Å². The zero-order valence-corrected chi connectivity index (χ0v) is 16.0. The SMILES string of the molecule is CC1CCCN(C(N)=NCC(C)(C)c2ccc(F)cc2)C1.I. The Morgan fingerprint density at radius 1 is 1.36 bits per heavy atom. The summed E-state index contributed by atoms with van der Waals surface area (Å²) in [7, 11) is 0. The lowest BCUT2D eigenvalue weighted by Gasteiger charge is -2.32. The topological polar surface area (TPSA) is 41.6 Å². The number of nitrogens with two attached hydrogens (primary N) is 1. The van der Waals surface area contributed by atoms with E-state index < -0.39 is 0 Å². The molecule has 0 bridgehead atoms. The molecular weight excluding hydrogens is 392 g/mol. The molecule has 0 radical (unpaired) electrons. The molecule has 1 atom stereocenters. The van der Waals surface area contributed by atoms with Crippen molar-refractivity contribution in [1.82, 2.24) is 4.90 Å². The molecule has 1 heterocycles. The fourth-order valence-corrected chi connectivity index (χ4v) is 2.77. The fourth-order valence-electron chi connectivity index (χ4n) is 2.77. The van der Waals surface area contributed by atoms with Crippen LogP contribution in [0.2, 0.25) is 0 Å². The maximum absolute atomic E-state index is 13.0. The van der Waals surface area contributed by atoms with Gasteiger partial charge in [0.25, 0.3) is 0 Å². The summed E-state index contributed by atoms with van der Waals surface area (Å²) < 4.78 is 13.0. The maximum atomic E-state index is 13.0. The third-order valence-electron chi connectivity index (χ3n) is 4.24. The zero-order valence-electron chi connectivity index (χ0n) is 13.7. The van der Waals surface area contributed by atoms with Gasteiger partial charge in [-0.1, -0.05) is 32.9 Å². The van der Waals surface area contributed by atoms with Crippen LogP contribution in [-0.2, 0) is 5.41 Å². The molecule has 1 aliphatic heterocycles. The number of guanidine groups is 1. The minimum atomic E-state index is -0.208. The summed E-state index contributed by atoms with van der Waals surface area (Å²) in [6.45, 7) is 9.06. The number of rotatable bonds is 3. The van der Waals surface area contributed by atoms with Crippen molar-refractivity contribution in [3.8, 4) is 0 Å². The number of hydrogen-bond acceptors (Lipinski definition) is 1. The number of nitrogens with zero attached hydrogens (tertiary/aromatic N) is 2. The summed E-state index contributed by atoms with van der Waals surface area (Å²) in [6.07, 6.45) is 2.45. The molecule has 2 rings (SSSR count). The van der Waals surface area contributed by atoms with Gasteiger partial charge < -0.3 is 10.6 Å². The largest absolute Gasteiger partial charge is 0.370 e. The van der Waals surface area contributed by atoms with E-state index in [4.69, 9.17) is 5.73 Å². The van der Waals surface area contributed by atoms with Gasteiger partial charge >= 0.3 is 0 Å². The summed E-state index contributed by atoms with van der Waals surface area (Å²) >= 11 is 0. The quantitative estimate of drug-likeness (QED) is 0.461. The minimum Gasteiger partial charge on any atom is -0.370 e. The summed E-state index contributed by atoms with van der Waals surface area (Å²) in [6, 6.07) is 6.64. The van der Waals surface area contributed by atoms with Gasteiger partial charge in [0.1, 0.15) is 5.82 Å². The molecule has 0 aromatic heterocycles. The number of piperidine rings is 1. The third-order valence-corrected chi connectivity index (χ3v) is 4.24. The number of benzene rings is 1. The molecule has 5 heteroatoms. The van der Waals surface area contributed by atoms with Crippen LogP contribution in [0.15, 0.2) is 29.3 Å². The number of halogens is 2. The van der Waals surface area contributed by atoms with E-state index in [9.17, 15) is 4.39 Å². The van der Waals surface area contributed by atoms with Gasteiger partial charge in [0.15, 0.2) is 5.96 Å². The second kappa shape index (κ2) is 8.13. The molecular formula is C17H27FIN3. The highest BCUT2D eigenvalue weighted by Gasteiger charge is 2.22. The van der Waals surface area contributed by atoms with Crippen LogP contribution >= 0.6 is 24.0 Å². The molecule has 1 aromatic rings. The van der Waals surface area contributed by atoms with Crippen molar-refractivity contribution in [1.29, 1.82) is 0 Å². The standard InChI is InChI=1S/C17H26FN3.HI/c1-13-5-4-10-21(11-13)16(19)20-12-17(2,3)14-6-8-15(18)9-7-14;/h6-9,13H,4-5,10-12H2,1-3H3,(H2,19,20);1H. The Kier molecular flexibility index (Phi) is 7.09. The second-order valence-corrected chi connectivity index (χ2v) is 6.76. The van der Waals surface area contributed by atoms with E-state index in [0.717, 1.165) is 18.7 Å². The van der Waals surface area contributed by atoms with Gasteiger partial charge in [0, 0.05) is 18.5 Å². The average molecular weight is 419 g/mol. The summed E-state index contributed by atoms with van der Waals surface area (Å²) in [5.74, 6) is 1.11. The average Bonchev–Trinajstić information content (AvgIpc) is 2.45. The first-order chi connectivity index (χ1) is 9.88. The first-order valence-corrected chi connectivity index (χ1v) is 7.69. The molecule has 1 aromatic carbocycles. The van der Waals surface area contributed by atoms with Crippen LogP contribution in [0.4, 0.5) is 4.39 Å². The molecule has 1 aliphatic rings. The molecule has 1 saturated heterocycles. The maximum Gasteiger partial charge on any atom is 0.191 e. The minimum absolute atomic E-state index is 0. The lowest BCUT2D eigenvalue weighted by molar-refractivity contribution is 0.270. The molecule has 0 saturated carbocycles. The van der Waals surface area contributed by atoms with Crippen molar-refractivity contribution in [2.45, 2.75) is 39.0 Å². The molecule has 22 heavy (non-hydrogen) atoms. The van der Waals surface area contributed by atoms with Crippen molar-refractivity contribution in [3.05, 3.63) is 35.6 Å². The number of hydrogen-bond donors (Lipinski definition) is 1. The van der Waals surface area contributed by atoms with E-state index >= 15 is 0 Å². The lowest BCUT2D eigenvalue weighted by Crippen LogP contribution is -2.44. The fraction of sp³-hybridized carbons (Fsp3) is 0.588. The third kappa shape index (κ3) is 5.11. The van der Waals surface area contributed by atoms with E-state index in [1.54, 1.807) is 0 Å². The van der Waals surface area contributed by atoms with Gasteiger partial charge in [0.05, 0.1) is 6.54 Å². The van der Waals surface area contributed by atoms with Gasteiger partial charge in [-0.3, -0.25) is 4.99 Å². The summed E-state index contributed by atoms with van der Waals surface area (Å²) in [4.78, 5) is 6.75. The Labute approximate surface area is 150 Å². The molecule has 0 aliphatic carbocycles. The Hall–Kier alpha value is -0.850. The van der Waals surface area contributed by atoms with Gasteiger partial charge in [-0.2, -0.15) is 0 Å². The number of aliphatic imine (C=N–C) groups is 1. The van der Waals surface area contributed by atoms with Gasteiger partial charge in [-0.15, -0.1) is 24.0 Å². The molecule has 1 unspecified atom stereocenters. The highest BCUT2D eigenvalue weighted by molar-refractivity contribution is 14.0. The highest BCUT2D eigenvalue weighted by Crippen LogP contribution is 2.24. The van der Waals surface area contributed by atoms with E-state index in [1.165, 1.54) is 25.0 Å². The molecule has 0 amide bonds. The van der Waals surface area contributed by atoms with Gasteiger partial charge in [-0.25, -0.2) is 4.39 Å². The van der Waals surface area contributed by atoms with Gasteiger partial charge in [0.2, 0.25) is 0 Å². The van der Waals surface area contributed by atoms with Gasteiger partial charge in [-0.05, 0) is 36.5 Å². The Morgan fingerprint density at radius 2 is 2.00 bits per heavy atom. The van der Waals surface area contributed by atoms with E-state index in [1.807, 2.05) is 12.1 Å². The first kappa shape index (κ1) is 19.2. The van der Waals surface area contributed by atoms with E-state index in [0.29, 0.717) is 18.4 Å². The molecule has 0 spiro atoms. The first-order valence-electron chi connectivity index (χ1n) is 7.69. The van der Waals surface area contributed by atoms with Crippen LogP contribution in [0.5, 0.6) is 0 Å². The Bertz CT molecular complexity index is 499. The van der Waals surface area contributed by atoms with E-state index in [-0.39, 0.29) is 35.2 Å². The number of likely N-dealkylation sites (tertiary alicyclic amines) is 1. The monoisotopic (exact) mass is 419 g/mol.